The van der Waals surface area contributed by atoms with Gasteiger partial charge in [0.25, 0.3) is 5.91 Å². The Balaban J connectivity index is 2.12. The first kappa shape index (κ1) is 21.4. The smallest absolute Gasteiger partial charge is 0.338 e. The number of halogens is 1. The highest BCUT2D eigenvalue weighted by Crippen LogP contribution is 2.23. The molecular weight excluding hydrogens is 406 g/mol. The zero-order chi connectivity index (χ0) is 20.9. The van der Waals surface area contributed by atoms with Crippen LogP contribution in [0.1, 0.15) is 22.8 Å². The molecule has 10 heteroatoms. The van der Waals surface area contributed by atoms with Crippen LogP contribution in [-0.4, -0.2) is 33.4 Å². The van der Waals surface area contributed by atoms with Crippen molar-refractivity contribution in [3.8, 4) is 6.07 Å². The molecule has 0 spiro atoms. The number of nitrogens with one attached hydrogen (secondary N) is 2. The van der Waals surface area contributed by atoms with Crippen molar-refractivity contribution in [3.63, 3.8) is 0 Å². The van der Waals surface area contributed by atoms with Crippen LogP contribution >= 0.6 is 11.6 Å². The first-order valence-corrected chi connectivity index (χ1v) is 9.79. The molecule has 1 atom stereocenters. The molecule has 0 unspecified atom stereocenters. The van der Waals surface area contributed by atoms with Gasteiger partial charge in [-0.2, -0.15) is 5.26 Å². The number of nitrogens with zero attached hydrogens (tertiary/aromatic N) is 1. The van der Waals surface area contributed by atoms with Crippen LogP contribution in [0.2, 0.25) is 5.02 Å². The lowest BCUT2D eigenvalue weighted by atomic mass is 10.2. The highest BCUT2D eigenvalue weighted by molar-refractivity contribution is 7.89. The minimum absolute atomic E-state index is 0.0610. The molecule has 0 radical (unpaired) electrons. The number of rotatable bonds is 6. The summed E-state index contributed by atoms with van der Waals surface area (Å²) in [5, 5.41) is 11.4. The number of carbonyl (C=O) groups is 2. The van der Waals surface area contributed by atoms with Gasteiger partial charge in [0.15, 0.2) is 6.10 Å². The minimum Gasteiger partial charge on any atom is -0.449 e. The van der Waals surface area contributed by atoms with Gasteiger partial charge in [0.1, 0.15) is 4.90 Å². The van der Waals surface area contributed by atoms with E-state index < -0.39 is 28.0 Å². The second-order valence-electron chi connectivity index (χ2n) is 5.58. The van der Waals surface area contributed by atoms with Crippen molar-refractivity contribution < 1.29 is 22.7 Å². The average molecular weight is 422 g/mol. The fourth-order valence-electron chi connectivity index (χ4n) is 2.14. The Morgan fingerprint density at radius 1 is 1.21 bits per heavy atom. The molecule has 0 aliphatic rings. The highest BCUT2D eigenvalue weighted by atomic mass is 35.5. The number of amides is 1. The molecule has 1 amide bonds. The van der Waals surface area contributed by atoms with Crippen LogP contribution in [0.3, 0.4) is 0 Å². The molecule has 0 saturated heterocycles. The van der Waals surface area contributed by atoms with E-state index in [2.05, 4.69) is 10.0 Å². The maximum atomic E-state index is 12.3. The Labute approximate surface area is 167 Å². The van der Waals surface area contributed by atoms with E-state index in [1.807, 2.05) is 6.07 Å². The van der Waals surface area contributed by atoms with Crippen molar-refractivity contribution in [1.29, 1.82) is 5.26 Å². The Hall–Kier alpha value is -2.93. The molecule has 2 N–H and O–H groups in total. The van der Waals surface area contributed by atoms with Gasteiger partial charge in [-0.05, 0) is 50.4 Å². The number of sulfonamides is 1. The van der Waals surface area contributed by atoms with Crippen LogP contribution in [0.5, 0.6) is 0 Å². The first-order valence-electron chi connectivity index (χ1n) is 7.93. The Kier molecular flexibility index (Phi) is 6.75. The quantitative estimate of drug-likeness (QED) is 0.689. The third kappa shape index (κ3) is 5.07. The molecule has 0 saturated carbocycles. The van der Waals surface area contributed by atoms with E-state index in [-0.39, 0.29) is 15.5 Å². The summed E-state index contributed by atoms with van der Waals surface area (Å²) >= 11 is 5.88. The standard InChI is InChI=1S/C18H16ClN3O5S/c1-11(17(23)22-14-5-3-4-12(8-14)10-20)27-18(24)13-6-7-15(19)16(9-13)28(25,26)21-2/h3-9,11,21H,1-2H3,(H,22,23)/t11-/m1/s1. The molecule has 2 aromatic rings. The zero-order valence-corrected chi connectivity index (χ0v) is 16.5. The van der Waals surface area contributed by atoms with Gasteiger partial charge in [-0.15, -0.1) is 0 Å². The van der Waals surface area contributed by atoms with E-state index in [0.29, 0.717) is 11.3 Å². The molecule has 2 aromatic carbocycles. The third-order valence-corrected chi connectivity index (χ3v) is 5.53. The second kappa shape index (κ2) is 8.84. The van der Waals surface area contributed by atoms with Crippen LogP contribution in [0.25, 0.3) is 0 Å². The number of hydrogen-bond acceptors (Lipinski definition) is 6. The monoisotopic (exact) mass is 421 g/mol. The fraction of sp³-hybridized carbons (Fsp3) is 0.167. The molecule has 0 aliphatic carbocycles. The normalized spacial score (nSPS) is 11.9. The van der Waals surface area contributed by atoms with E-state index in [9.17, 15) is 18.0 Å². The van der Waals surface area contributed by atoms with Crippen molar-refractivity contribution in [2.75, 3.05) is 12.4 Å². The molecule has 0 heterocycles. The molecule has 0 aromatic heterocycles. The topological polar surface area (TPSA) is 125 Å². The molecule has 28 heavy (non-hydrogen) atoms. The van der Waals surface area contributed by atoms with Crippen molar-refractivity contribution in [1.82, 2.24) is 4.72 Å². The Morgan fingerprint density at radius 3 is 2.57 bits per heavy atom. The molecular formula is C18H16ClN3O5S. The summed E-state index contributed by atoms with van der Waals surface area (Å²) < 4.78 is 31.1. The molecule has 0 bridgehead atoms. The Bertz CT molecular complexity index is 1060. The first-order chi connectivity index (χ1) is 13.2. The number of hydrogen-bond donors (Lipinski definition) is 2. The van der Waals surface area contributed by atoms with Crippen LogP contribution < -0.4 is 10.0 Å². The lowest BCUT2D eigenvalue weighted by Gasteiger charge is -2.14. The van der Waals surface area contributed by atoms with E-state index in [1.165, 1.54) is 32.2 Å². The third-order valence-electron chi connectivity index (χ3n) is 3.64. The largest absolute Gasteiger partial charge is 0.449 e. The summed E-state index contributed by atoms with van der Waals surface area (Å²) in [4.78, 5) is 24.2. The van der Waals surface area contributed by atoms with E-state index in [4.69, 9.17) is 21.6 Å². The van der Waals surface area contributed by atoms with Crippen LogP contribution in [-0.2, 0) is 19.6 Å². The van der Waals surface area contributed by atoms with Crippen molar-refractivity contribution in [2.24, 2.45) is 0 Å². The molecule has 8 nitrogen and oxygen atoms in total. The number of carbonyl (C=O) groups excluding carboxylic acids is 2. The van der Waals surface area contributed by atoms with Gasteiger partial charge in [-0.1, -0.05) is 17.7 Å². The van der Waals surface area contributed by atoms with Crippen LogP contribution in [0, 0.1) is 11.3 Å². The van der Waals surface area contributed by atoms with Gasteiger partial charge in [0.2, 0.25) is 10.0 Å². The fourth-order valence-corrected chi connectivity index (χ4v) is 3.39. The van der Waals surface area contributed by atoms with Gasteiger partial charge in [-0.25, -0.2) is 17.9 Å². The lowest BCUT2D eigenvalue weighted by Crippen LogP contribution is -2.30. The molecule has 0 aliphatic heterocycles. The zero-order valence-electron chi connectivity index (χ0n) is 14.9. The van der Waals surface area contributed by atoms with Gasteiger partial charge >= 0.3 is 5.97 Å². The summed E-state index contributed by atoms with van der Waals surface area (Å²) in [6.07, 6.45) is -1.17. The summed E-state index contributed by atoms with van der Waals surface area (Å²) in [6.45, 7) is 1.36. The highest BCUT2D eigenvalue weighted by Gasteiger charge is 2.22. The van der Waals surface area contributed by atoms with E-state index in [0.717, 1.165) is 6.07 Å². The number of nitriles is 1. The number of anilines is 1. The van der Waals surface area contributed by atoms with Crippen molar-refractivity contribution in [3.05, 3.63) is 58.6 Å². The van der Waals surface area contributed by atoms with E-state index >= 15 is 0 Å². The summed E-state index contributed by atoms with van der Waals surface area (Å²) in [5.41, 5.74) is 0.659. The lowest BCUT2D eigenvalue weighted by molar-refractivity contribution is -0.123. The van der Waals surface area contributed by atoms with Gasteiger partial charge < -0.3 is 10.1 Å². The van der Waals surface area contributed by atoms with Crippen molar-refractivity contribution in [2.45, 2.75) is 17.9 Å². The molecule has 2 rings (SSSR count). The summed E-state index contributed by atoms with van der Waals surface area (Å²) in [5.74, 6) is -1.50. The minimum atomic E-state index is -3.87. The number of ether oxygens (including phenoxy) is 1. The predicted molar refractivity (Wildman–Crippen MR) is 102 cm³/mol. The van der Waals surface area contributed by atoms with Crippen LogP contribution in [0.15, 0.2) is 47.4 Å². The molecule has 0 fully saturated rings. The maximum Gasteiger partial charge on any atom is 0.338 e. The van der Waals surface area contributed by atoms with Gasteiger partial charge in [0, 0.05) is 5.69 Å². The summed E-state index contributed by atoms with van der Waals surface area (Å²) in [7, 11) is -2.66. The summed E-state index contributed by atoms with van der Waals surface area (Å²) in [6, 6.07) is 11.8. The van der Waals surface area contributed by atoms with E-state index in [1.54, 1.807) is 18.2 Å². The van der Waals surface area contributed by atoms with Crippen LogP contribution in [0.4, 0.5) is 5.69 Å². The van der Waals surface area contributed by atoms with Gasteiger partial charge in [-0.3, -0.25) is 4.79 Å². The predicted octanol–water partition coefficient (Wildman–Crippen LogP) is 2.30. The average Bonchev–Trinajstić information content (AvgIpc) is 2.68. The maximum absolute atomic E-state index is 12.3. The SMILES string of the molecule is CNS(=O)(=O)c1cc(C(=O)O[C@H](C)C(=O)Nc2cccc(C#N)c2)ccc1Cl. The Morgan fingerprint density at radius 2 is 1.93 bits per heavy atom. The molecule has 146 valence electrons. The number of esters is 1. The second-order valence-corrected chi connectivity index (χ2v) is 7.84. The van der Waals surface area contributed by atoms with Gasteiger partial charge in [0.05, 0.1) is 22.2 Å². The van der Waals surface area contributed by atoms with Crippen molar-refractivity contribution >= 4 is 39.2 Å². The number of benzene rings is 2.